The molecule has 3 nitrogen and oxygen atoms in total. The fourth-order valence-electron chi connectivity index (χ4n) is 2.91. The Bertz CT molecular complexity index is 526. The number of thioether (sulfide) groups is 1. The van der Waals surface area contributed by atoms with Crippen LogP contribution in [0.2, 0.25) is 0 Å². The lowest BCUT2D eigenvalue weighted by molar-refractivity contribution is -0.0958. The first-order valence-electron chi connectivity index (χ1n) is 7.47. The highest BCUT2D eigenvalue weighted by atomic mass is 32.2. The van der Waals surface area contributed by atoms with Crippen molar-refractivity contribution in [3.05, 3.63) is 29.8 Å². The van der Waals surface area contributed by atoms with Gasteiger partial charge in [0.25, 0.3) is 0 Å². The van der Waals surface area contributed by atoms with E-state index in [9.17, 15) is 0 Å². The zero-order chi connectivity index (χ0) is 14.5. The average Bonchev–Trinajstić information content (AvgIpc) is 2.94. The van der Waals surface area contributed by atoms with Crippen LogP contribution in [0, 0.1) is 11.8 Å². The maximum atomic E-state index is 6.14. The van der Waals surface area contributed by atoms with E-state index in [1.807, 2.05) is 36.0 Å². The molecule has 2 saturated heterocycles. The predicted octanol–water partition coefficient (Wildman–Crippen LogP) is 2.43. The van der Waals surface area contributed by atoms with Crippen LogP contribution < -0.4 is 10.5 Å². The first-order chi connectivity index (χ1) is 10.3. The van der Waals surface area contributed by atoms with Crippen molar-refractivity contribution < 1.29 is 9.47 Å². The summed E-state index contributed by atoms with van der Waals surface area (Å²) in [6, 6.07) is 7.95. The van der Waals surface area contributed by atoms with Crippen LogP contribution >= 0.6 is 11.8 Å². The molecule has 2 heterocycles. The van der Waals surface area contributed by atoms with Gasteiger partial charge in [0, 0.05) is 24.2 Å². The van der Waals surface area contributed by atoms with Crippen molar-refractivity contribution in [3.63, 3.8) is 0 Å². The Kier molecular flexibility index (Phi) is 4.74. The second kappa shape index (κ2) is 6.74. The molecule has 0 amide bonds. The second-order valence-electron chi connectivity index (χ2n) is 5.60. The lowest BCUT2D eigenvalue weighted by atomic mass is 9.91. The Morgan fingerprint density at radius 3 is 2.95 bits per heavy atom. The van der Waals surface area contributed by atoms with E-state index in [-0.39, 0.29) is 11.7 Å². The molecule has 0 bridgehead atoms. The molecule has 4 heteroatoms. The van der Waals surface area contributed by atoms with Gasteiger partial charge in [0.2, 0.25) is 0 Å². The summed E-state index contributed by atoms with van der Waals surface area (Å²) in [5.74, 6) is 9.12. The Balaban J connectivity index is 1.60. The van der Waals surface area contributed by atoms with Crippen LogP contribution in [0.1, 0.15) is 24.8 Å². The third kappa shape index (κ3) is 3.74. The van der Waals surface area contributed by atoms with Crippen molar-refractivity contribution in [1.29, 1.82) is 0 Å². The predicted molar refractivity (Wildman–Crippen MR) is 86.6 cm³/mol. The Labute approximate surface area is 130 Å². The lowest BCUT2D eigenvalue weighted by Crippen LogP contribution is -2.43. The molecule has 1 aromatic carbocycles. The number of nitrogens with two attached hydrogens (primary N) is 1. The molecule has 0 aromatic heterocycles. The van der Waals surface area contributed by atoms with Crippen molar-refractivity contribution in [2.24, 2.45) is 5.73 Å². The minimum absolute atomic E-state index is 0.0696. The fraction of sp³-hybridized carbons (Fsp3) is 0.529. The van der Waals surface area contributed by atoms with E-state index in [2.05, 4.69) is 11.8 Å². The number of ether oxygens (including phenoxy) is 2. The van der Waals surface area contributed by atoms with Gasteiger partial charge in [-0.05, 0) is 36.4 Å². The summed E-state index contributed by atoms with van der Waals surface area (Å²) in [5, 5.41) is 0. The minimum atomic E-state index is 0.0696. The first kappa shape index (κ1) is 14.8. The topological polar surface area (TPSA) is 44.5 Å². The Hall–Kier alpha value is -1.15. The zero-order valence-corrected chi connectivity index (χ0v) is 13.0. The monoisotopic (exact) mass is 303 g/mol. The lowest BCUT2D eigenvalue weighted by Gasteiger charge is -2.37. The molecular formula is C17H21NO2S. The molecule has 2 fully saturated rings. The fourth-order valence-corrected chi connectivity index (χ4v) is 4.29. The van der Waals surface area contributed by atoms with Crippen LogP contribution in [0.15, 0.2) is 24.3 Å². The normalized spacial score (nSPS) is 28.1. The van der Waals surface area contributed by atoms with Gasteiger partial charge in [0.1, 0.15) is 11.9 Å². The molecule has 1 aromatic rings. The number of rotatable bonds is 2. The molecule has 3 rings (SSSR count). The minimum Gasteiger partial charge on any atom is -0.490 e. The van der Waals surface area contributed by atoms with Crippen LogP contribution in [-0.4, -0.2) is 36.4 Å². The van der Waals surface area contributed by atoms with E-state index >= 15 is 0 Å². The third-order valence-electron chi connectivity index (χ3n) is 4.01. The molecule has 2 atom stereocenters. The molecule has 112 valence electrons. The van der Waals surface area contributed by atoms with Gasteiger partial charge in [-0.1, -0.05) is 11.8 Å². The molecule has 1 spiro atoms. The molecule has 0 radical (unpaired) electrons. The molecular weight excluding hydrogens is 282 g/mol. The molecule has 0 saturated carbocycles. The summed E-state index contributed by atoms with van der Waals surface area (Å²) in [5.41, 5.74) is 6.42. The molecule has 21 heavy (non-hydrogen) atoms. The summed E-state index contributed by atoms with van der Waals surface area (Å²) in [6.07, 6.45) is 3.40. The van der Waals surface area contributed by atoms with Gasteiger partial charge < -0.3 is 15.2 Å². The van der Waals surface area contributed by atoms with Crippen LogP contribution in [0.4, 0.5) is 0 Å². The second-order valence-corrected chi connectivity index (χ2v) is 6.70. The molecule has 2 aliphatic heterocycles. The SMILES string of the molecule is NCC#Cc1ccc(OC2CCOC3(CCSC3)C2)cc1. The van der Waals surface area contributed by atoms with Crippen LogP contribution in [-0.2, 0) is 4.74 Å². The van der Waals surface area contributed by atoms with Crippen LogP contribution in [0.5, 0.6) is 5.75 Å². The first-order valence-corrected chi connectivity index (χ1v) is 8.63. The van der Waals surface area contributed by atoms with E-state index in [1.165, 1.54) is 5.75 Å². The van der Waals surface area contributed by atoms with E-state index in [1.54, 1.807) is 0 Å². The van der Waals surface area contributed by atoms with Crippen LogP contribution in [0.25, 0.3) is 0 Å². The number of benzene rings is 1. The Morgan fingerprint density at radius 1 is 1.38 bits per heavy atom. The van der Waals surface area contributed by atoms with Gasteiger partial charge in [-0.3, -0.25) is 0 Å². The zero-order valence-electron chi connectivity index (χ0n) is 12.1. The van der Waals surface area contributed by atoms with Gasteiger partial charge in [0.15, 0.2) is 0 Å². The van der Waals surface area contributed by atoms with E-state index < -0.39 is 0 Å². The quantitative estimate of drug-likeness (QED) is 0.852. The van der Waals surface area contributed by atoms with E-state index in [4.69, 9.17) is 15.2 Å². The van der Waals surface area contributed by atoms with E-state index in [0.717, 1.165) is 42.9 Å². The van der Waals surface area contributed by atoms with Crippen molar-refractivity contribution in [2.45, 2.75) is 31.0 Å². The maximum absolute atomic E-state index is 6.14. The standard InChI is InChI=1S/C17H21NO2S/c18-9-1-2-14-3-5-15(6-4-14)20-16-7-10-19-17(12-16)8-11-21-13-17/h3-6,16H,7-13,18H2. The number of hydrogen-bond acceptors (Lipinski definition) is 4. The van der Waals surface area contributed by atoms with Gasteiger partial charge >= 0.3 is 0 Å². The molecule has 2 unspecified atom stereocenters. The average molecular weight is 303 g/mol. The highest BCUT2D eigenvalue weighted by molar-refractivity contribution is 7.99. The number of hydrogen-bond donors (Lipinski definition) is 1. The summed E-state index contributed by atoms with van der Waals surface area (Å²) in [4.78, 5) is 0. The van der Waals surface area contributed by atoms with Crippen molar-refractivity contribution in [2.75, 3.05) is 24.7 Å². The smallest absolute Gasteiger partial charge is 0.119 e. The van der Waals surface area contributed by atoms with Gasteiger partial charge in [0.05, 0.1) is 18.8 Å². The van der Waals surface area contributed by atoms with Crippen molar-refractivity contribution in [3.8, 4) is 17.6 Å². The summed E-state index contributed by atoms with van der Waals surface area (Å²) in [6.45, 7) is 1.20. The van der Waals surface area contributed by atoms with Crippen molar-refractivity contribution >= 4 is 11.8 Å². The van der Waals surface area contributed by atoms with Gasteiger partial charge in [-0.15, -0.1) is 0 Å². The van der Waals surface area contributed by atoms with Gasteiger partial charge in [-0.2, -0.15) is 11.8 Å². The Morgan fingerprint density at radius 2 is 2.24 bits per heavy atom. The van der Waals surface area contributed by atoms with E-state index in [0.29, 0.717) is 6.54 Å². The highest BCUT2D eigenvalue weighted by Gasteiger charge is 2.41. The summed E-state index contributed by atoms with van der Waals surface area (Å²) >= 11 is 1.99. The third-order valence-corrected chi connectivity index (χ3v) is 5.23. The summed E-state index contributed by atoms with van der Waals surface area (Å²) < 4.78 is 12.2. The molecule has 2 aliphatic rings. The largest absolute Gasteiger partial charge is 0.490 e. The molecule has 2 N–H and O–H groups in total. The van der Waals surface area contributed by atoms with Gasteiger partial charge in [-0.25, -0.2) is 0 Å². The van der Waals surface area contributed by atoms with Crippen molar-refractivity contribution in [1.82, 2.24) is 0 Å². The van der Waals surface area contributed by atoms with Crippen LogP contribution in [0.3, 0.4) is 0 Å². The molecule has 0 aliphatic carbocycles. The highest BCUT2D eigenvalue weighted by Crippen LogP contribution is 2.39. The maximum Gasteiger partial charge on any atom is 0.119 e. The summed E-state index contributed by atoms with van der Waals surface area (Å²) in [7, 11) is 0.